The van der Waals surface area contributed by atoms with Crippen molar-refractivity contribution in [1.82, 2.24) is 4.90 Å². The molecule has 0 aliphatic carbocycles. The van der Waals surface area contributed by atoms with Crippen molar-refractivity contribution in [3.63, 3.8) is 0 Å². The van der Waals surface area contributed by atoms with Gasteiger partial charge in [-0.1, -0.05) is 12.1 Å². The molecule has 1 aliphatic heterocycles. The van der Waals surface area contributed by atoms with Gasteiger partial charge in [-0.3, -0.25) is 4.79 Å². The summed E-state index contributed by atoms with van der Waals surface area (Å²) in [6.07, 6.45) is 1.38. The zero-order chi connectivity index (χ0) is 17.3. The van der Waals surface area contributed by atoms with Crippen LogP contribution in [0.4, 0.5) is 4.39 Å². The van der Waals surface area contributed by atoms with Gasteiger partial charge < -0.3 is 10.0 Å². The maximum atomic E-state index is 13.1. The summed E-state index contributed by atoms with van der Waals surface area (Å²) in [7, 11) is 0. The number of thiophene rings is 1. The highest BCUT2D eigenvalue weighted by molar-refractivity contribution is 7.17. The van der Waals surface area contributed by atoms with Gasteiger partial charge in [0.25, 0.3) is 5.91 Å². The van der Waals surface area contributed by atoms with Crippen LogP contribution in [-0.2, 0) is 0 Å². The Morgan fingerprint density at radius 2 is 1.92 bits per heavy atom. The first-order valence-electron chi connectivity index (χ1n) is 8.29. The number of piperidine rings is 1. The highest BCUT2D eigenvalue weighted by Gasteiger charge is 2.27. The monoisotopic (exact) mass is 347 g/mol. The van der Waals surface area contributed by atoms with Gasteiger partial charge in [0.15, 0.2) is 0 Å². The molecule has 2 heterocycles. The van der Waals surface area contributed by atoms with E-state index in [1.54, 1.807) is 12.1 Å². The Labute approximate surface area is 145 Å². The van der Waals surface area contributed by atoms with Crippen molar-refractivity contribution in [2.24, 2.45) is 5.92 Å². The van der Waals surface area contributed by atoms with Gasteiger partial charge in [-0.15, -0.1) is 11.3 Å². The largest absolute Gasteiger partial charge is 0.393 e. The van der Waals surface area contributed by atoms with E-state index in [0.29, 0.717) is 13.1 Å². The summed E-state index contributed by atoms with van der Waals surface area (Å²) in [6, 6.07) is 8.30. The Morgan fingerprint density at radius 3 is 2.50 bits per heavy atom. The van der Waals surface area contributed by atoms with Crippen LogP contribution in [0.2, 0.25) is 0 Å². The Morgan fingerprint density at radius 1 is 1.29 bits per heavy atom. The molecule has 24 heavy (non-hydrogen) atoms. The van der Waals surface area contributed by atoms with Gasteiger partial charge in [-0.2, -0.15) is 0 Å². The van der Waals surface area contributed by atoms with Crippen LogP contribution in [0.5, 0.6) is 0 Å². The third-order valence-electron chi connectivity index (χ3n) is 4.74. The summed E-state index contributed by atoms with van der Waals surface area (Å²) in [5.41, 5.74) is 1.97. The molecule has 1 N–H and O–H groups in total. The summed E-state index contributed by atoms with van der Waals surface area (Å²) in [5, 5.41) is 9.68. The summed E-state index contributed by atoms with van der Waals surface area (Å²) < 4.78 is 13.1. The summed E-state index contributed by atoms with van der Waals surface area (Å²) >= 11 is 1.46. The van der Waals surface area contributed by atoms with Crippen molar-refractivity contribution in [2.75, 3.05) is 13.1 Å². The standard InChI is InChI=1S/C19H22FNO2S/c1-12-11-17(24-18(12)15-3-5-16(20)6-4-15)19(23)21-9-7-14(8-10-21)13(2)22/h3-6,11,13-14,22H,7-10H2,1-2H3. The van der Waals surface area contributed by atoms with Crippen molar-refractivity contribution < 1.29 is 14.3 Å². The van der Waals surface area contributed by atoms with Crippen molar-refractivity contribution in [3.05, 3.63) is 46.6 Å². The average molecular weight is 347 g/mol. The van der Waals surface area contributed by atoms with Crippen molar-refractivity contribution in [1.29, 1.82) is 0 Å². The molecule has 5 heteroatoms. The van der Waals surface area contributed by atoms with Gasteiger partial charge in [0.05, 0.1) is 11.0 Å². The molecule has 0 bridgehead atoms. The number of hydrogen-bond donors (Lipinski definition) is 1. The maximum absolute atomic E-state index is 13.1. The molecule has 1 saturated heterocycles. The van der Waals surface area contributed by atoms with Crippen LogP contribution in [0.25, 0.3) is 10.4 Å². The van der Waals surface area contributed by atoms with Crippen LogP contribution in [-0.4, -0.2) is 35.1 Å². The highest BCUT2D eigenvalue weighted by atomic mass is 32.1. The van der Waals surface area contributed by atoms with Gasteiger partial charge in [0, 0.05) is 18.0 Å². The predicted molar refractivity (Wildman–Crippen MR) is 94.8 cm³/mol. The fraction of sp³-hybridized carbons (Fsp3) is 0.421. The number of amides is 1. The third kappa shape index (κ3) is 3.52. The fourth-order valence-electron chi connectivity index (χ4n) is 3.22. The van der Waals surface area contributed by atoms with Crippen LogP contribution in [0.3, 0.4) is 0 Å². The van der Waals surface area contributed by atoms with E-state index in [-0.39, 0.29) is 23.7 Å². The second-order valence-corrected chi connectivity index (χ2v) is 7.55. The Kier molecular flexibility index (Phi) is 5.01. The first kappa shape index (κ1) is 17.1. The molecule has 3 rings (SSSR count). The fourth-order valence-corrected chi connectivity index (χ4v) is 4.36. The van der Waals surface area contributed by atoms with E-state index in [1.807, 2.05) is 24.8 Å². The van der Waals surface area contributed by atoms with E-state index >= 15 is 0 Å². The molecule has 2 aromatic rings. The number of hydrogen-bond acceptors (Lipinski definition) is 3. The third-order valence-corrected chi connectivity index (χ3v) is 6.02. The number of nitrogens with zero attached hydrogens (tertiary/aromatic N) is 1. The lowest BCUT2D eigenvalue weighted by molar-refractivity contribution is 0.0525. The minimum absolute atomic E-state index is 0.0560. The highest BCUT2D eigenvalue weighted by Crippen LogP contribution is 2.33. The number of carbonyl (C=O) groups excluding carboxylic acids is 1. The second-order valence-electron chi connectivity index (χ2n) is 6.50. The van der Waals surface area contributed by atoms with E-state index in [9.17, 15) is 14.3 Å². The number of likely N-dealkylation sites (tertiary alicyclic amines) is 1. The van der Waals surface area contributed by atoms with Crippen LogP contribution in [0, 0.1) is 18.7 Å². The van der Waals surface area contributed by atoms with Crippen LogP contribution < -0.4 is 0 Å². The Hall–Kier alpha value is -1.72. The average Bonchev–Trinajstić information content (AvgIpc) is 2.97. The lowest BCUT2D eigenvalue weighted by Gasteiger charge is -2.33. The molecule has 0 saturated carbocycles. The smallest absolute Gasteiger partial charge is 0.263 e. The number of halogens is 1. The van der Waals surface area contributed by atoms with E-state index in [1.165, 1.54) is 23.5 Å². The van der Waals surface area contributed by atoms with E-state index in [0.717, 1.165) is 33.7 Å². The van der Waals surface area contributed by atoms with Gasteiger partial charge in [-0.25, -0.2) is 4.39 Å². The number of aryl methyl sites for hydroxylation is 1. The normalized spacial score (nSPS) is 17.1. The van der Waals surface area contributed by atoms with Crippen molar-refractivity contribution in [2.45, 2.75) is 32.8 Å². The number of carbonyl (C=O) groups is 1. The summed E-state index contributed by atoms with van der Waals surface area (Å²) in [4.78, 5) is 16.4. The van der Waals surface area contributed by atoms with Gasteiger partial charge >= 0.3 is 0 Å². The molecule has 1 aliphatic rings. The topological polar surface area (TPSA) is 40.5 Å². The second kappa shape index (κ2) is 7.03. The molecule has 1 amide bonds. The summed E-state index contributed by atoms with van der Waals surface area (Å²) in [5.74, 6) is 0.0830. The minimum Gasteiger partial charge on any atom is -0.393 e. The lowest BCUT2D eigenvalue weighted by Crippen LogP contribution is -2.40. The molecule has 1 atom stereocenters. The van der Waals surface area contributed by atoms with E-state index in [4.69, 9.17) is 0 Å². The Bertz CT molecular complexity index is 715. The first-order chi connectivity index (χ1) is 11.5. The zero-order valence-corrected chi connectivity index (χ0v) is 14.8. The first-order valence-corrected chi connectivity index (χ1v) is 9.11. The van der Waals surface area contributed by atoms with Crippen molar-refractivity contribution >= 4 is 17.2 Å². The van der Waals surface area contributed by atoms with Gasteiger partial charge in [-0.05, 0) is 61.9 Å². The number of aliphatic hydroxyl groups excluding tert-OH is 1. The molecular formula is C19H22FNO2S. The van der Waals surface area contributed by atoms with Gasteiger partial charge in [0.1, 0.15) is 5.82 Å². The van der Waals surface area contributed by atoms with Crippen LogP contribution in [0.1, 0.15) is 35.0 Å². The molecule has 0 spiro atoms. The molecular weight excluding hydrogens is 325 g/mol. The number of rotatable bonds is 3. The molecule has 0 radical (unpaired) electrons. The zero-order valence-electron chi connectivity index (χ0n) is 14.0. The molecule has 1 aromatic heterocycles. The molecule has 1 fully saturated rings. The quantitative estimate of drug-likeness (QED) is 0.908. The van der Waals surface area contributed by atoms with E-state index in [2.05, 4.69) is 0 Å². The molecule has 1 aromatic carbocycles. The molecule has 3 nitrogen and oxygen atoms in total. The SMILES string of the molecule is Cc1cc(C(=O)N2CCC(C(C)O)CC2)sc1-c1ccc(F)cc1. The number of benzene rings is 1. The molecule has 128 valence electrons. The maximum Gasteiger partial charge on any atom is 0.263 e. The van der Waals surface area contributed by atoms with Crippen LogP contribution >= 0.6 is 11.3 Å². The number of aliphatic hydroxyl groups is 1. The lowest BCUT2D eigenvalue weighted by atomic mass is 9.92. The summed E-state index contributed by atoms with van der Waals surface area (Å²) in [6.45, 7) is 5.18. The minimum atomic E-state index is -0.309. The molecule has 1 unspecified atom stereocenters. The Balaban J connectivity index is 1.75. The van der Waals surface area contributed by atoms with E-state index < -0.39 is 0 Å². The van der Waals surface area contributed by atoms with Crippen LogP contribution in [0.15, 0.2) is 30.3 Å². The van der Waals surface area contributed by atoms with Crippen molar-refractivity contribution in [3.8, 4) is 10.4 Å². The predicted octanol–water partition coefficient (Wildman–Crippen LogP) is 4.10. The van der Waals surface area contributed by atoms with Gasteiger partial charge in [0.2, 0.25) is 0 Å².